The Morgan fingerprint density at radius 3 is 2.51 bits per heavy atom. The molecule has 9 nitrogen and oxygen atoms in total. The van der Waals surface area contributed by atoms with Crippen LogP contribution in [0.3, 0.4) is 0 Å². The van der Waals surface area contributed by atoms with Gasteiger partial charge in [0.1, 0.15) is 6.61 Å². The number of amides is 2. The number of benzene rings is 1. The number of nitrogens with one attached hydrogen (secondary N) is 1. The van der Waals surface area contributed by atoms with E-state index in [0.29, 0.717) is 44.6 Å². The summed E-state index contributed by atoms with van der Waals surface area (Å²) in [6.45, 7) is 1.76. The first-order valence-corrected chi connectivity index (χ1v) is 11.1. The van der Waals surface area contributed by atoms with Crippen LogP contribution in [0, 0.1) is 0 Å². The van der Waals surface area contributed by atoms with E-state index in [-0.39, 0.29) is 24.5 Å². The molecule has 0 aliphatic carbocycles. The van der Waals surface area contributed by atoms with Gasteiger partial charge in [-0.25, -0.2) is 9.97 Å². The van der Waals surface area contributed by atoms with Crippen LogP contribution in [-0.4, -0.2) is 58.7 Å². The highest BCUT2D eigenvalue weighted by molar-refractivity contribution is 5.97. The molecule has 186 valence electrons. The molecular formula is C23H25F3N6O3. The topological polar surface area (TPSA) is 115 Å². The Morgan fingerprint density at radius 1 is 1.14 bits per heavy atom. The van der Waals surface area contributed by atoms with Gasteiger partial charge in [-0.05, 0) is 36.4 Å². The third kappa shape index (κ3) is 6.07. The molecule has 2 aromatic heterocycles. The Balaban J connectivity index is 1.18. The second-order valence-corrected chi connectivity index (χ2v) is 8.30. The van der Waals surface area contributed by atoms with Crippen molar-refractivity contribution in [2.24, 2.45) is 5.73 Å². The molecule has 35 heavy (non-hydrogen) atoms. The van der Waals surface area contributed by atoms with Crippen LogP contribution in [0.25, 0.3) is 10.9 Å². The third-order valence-corrected chi connectivity index (χ3v) is 5.88. The number of ether oxygens (including phenoxy) is 1. The zero-order valence-corrected chi connectivity index (χ0v) is 18.8. The van der Waals surface area contributed by atoms with Crippen molar-refractivity contribution in [2.75, 3.05) is 31.2 Å². The van der Waals surface area contributed by atoms with Crippen LogP contribution in [0.15, 0.2) is 42.9 Å². The van der Waals surface area contributed by atoms with Gasteiger partial charge in [0.15, 0.2) is 0 Å². The number of alkyl halides is 3. The Morgan fingerprint density at radius 2 is 1.86 bits per heavy atom. The summed E-state index contributed by atoms with van der Waals surface area (Å²) in [6, 6.07) is 7.10. The lowest BCUT2D eigenvalue weighted by Gasteiger charge is -2.32. The van der Waals surface area contributed by atoms with Crippen molar-refractivity contribution >= 4 is 28.7 Å². The molecule has 0 radical (unpaired) electrons. The molecule has 12 heteroatoms. The normalized spacial score (nSPS) is 14.9. The number of carbonyl (C=O) groups excluding carboxylic acids is 2. The van der Waals surface area contributed by atoms with Gasteiger partial charge in [-0.3, -0.25) is 9.59 Å². The zero-order valence-electron chi connectivity index (χ0n) is 18.8. The van der Waals surface area contributed by atoms with E-state index < -0.39 is 17.6 Å². The maximum Gasteiger partial charge on any atom is 0.419 e. The van der Waals surface area contributed by atoms with E-state index in [4.69, 9.17) is 10.5 Å². The fraction of sp³-hybridized carbons (Fsp3) is 0.391. The summed E-state index contributed by atoms with van der Waals surface area (Å²) >= 11 is 0. The lowest BCUT2D eigenvalue weighted by Crippen LogP contribution is -2.46. The molecule has 1 aromatic carbocycles. The van der Waals surface area contributed by atoms with Crippen LogP contribution in [0.4, 0.5) is 19.1 Å². The SMILES string of the molecule is NC(=O)c1ccc2ccn(CCOCC(=O)NC3CCN(c4ncc(C(F)(F)F)cn4)CC3)c2c1. The van der Waals surface area contributed by atoms with Crippen molar-refractivity contribution in [3.05, 3.63) is 54.0 Å². The Kier molecular flexibility index (Phi) is 7.20. The summed E-state index contributed by atoms with van der Waals surface area (Å²) in [5, 5.41) is 3.90. The molecule has 0 saturated carbocycles. The quantitative estimate of drug-likeness (QED) is 0.469. The summed E-state index contributed by atoms with van der Waals surface area (Å²) in [6.07, 6.45) is 0.206. The van der Waals surface area contributed by atoms with Crippen LogP contribution in [0.2, 0.25) is 0 Å². The first kappa shape index (κ1) is 24.5. The highest BCUT2D eigenvalue weighted by atomic mass is 19.4. The minimum absolute atomic E-state index is 0.0580. The number of nitrogens with zero attached hydrogens (tertiary/aromatic N) is 4. The van der Waals surface area contributed by atoms with Crippen molar-refractivity contribution in [1.29, 1.82) is 0 Å². The van der Waals surface area contributed by atoms with Crippen LogP contribution in [-0.2, 0) is 22.3 Å². The van der Waals surface area contributed by atoms with E-state index in [1.807, 2.05) is 22.9 Å². The molecule has 0 unspecified atom stereocenters. The van der Waals surface area contributed by atoms with E-state index in [2.05, 4.69) is 15.3 Å². The molecule has 3 aromatic rings. The van der Waals surface area contributed by atoms with E-state index in [1.54, 1.807) is 17.0 Å². The highest BCUT2D eigenvalue weighted by Gasteiger charge is 2.32. The molecule has 0 atom stereocenters. The van der Waals surface area contributed by atoms with Gasteiger partial charge < -0.3 is 25.3 Å². The summed E-state index contributed by atoms with van der Waals surface area (Å²) in [5.74, 6) is -0.487. The molecule has 1 aliphatic rings. The molecule has 3 heterocycles. The van der Waals surface area contributed by atoms with E-state index in [9.17, 15) is 22.8 Å². The van der Waals surface area contributed by atoms with Gasteiger partial charge in [0.05, 0.1) is 12.2 Å². The van der Waals surface area contributed by atoms with Crippen molar-refractivity contribution in [3.63, 3.8) is 0 Å². The first-order chi connectivity index (χ1) is 16.7. The van der Waals surface area contributed by atoms with E-state index in [1.165, 1.54) is 0 Å². The Hall–Kier alpha value is -3.67. The van der Waals surface area contributed by atoms with Gasteiger partial charge >= 0.3 is 6.18 Å². The molecule has 0 bridgehead atoms. The first-order valence-electron chi connectivity index (χ1n) is 11.1. The average Bonchev–Trinajstić information content (AvgIpc) is 3.24. The minimum Gasteiger partial charge on any atom is -0.370 e. The predicted octanol–water partition coefficient (Wildman–Crippen LogP) is 2.35. The number of piperidine rings is 1. The van der Waals surface area contributed by atoms with Gasteiger partial charge in [0, 0.05) is 55.3 Å². The Labute approximate surface area is 199 Å². The largest absolute Gasteiger partial charge is 0.419 e. The number of hydrogen-bond acceptors (Lipinski definition) is 6. The average molecular weight is 490 g/mol. The summed E-state index contributed by atoms with van der Waals surface area (Å²) in [4.78, 5) is 33.1. The van der Waals surface area contributed by atoms with Crippen LogP contribution in [0.1, 0.15) is 28.8 Å². The number of anilines is 1. The van der Waals surface area contributed by atoms with Crippen molar-refractivity contribution in [3.8, 4) is 0 Å². The number of aromatic nitrogens is 3. The number of halogens is 3. The summed E-state index contributed by atoms with van der Waals surface area (Å²) in [7, 11) is 0. The summed E-state index contributed by atoms with van der Waals surface area (Å²) < 4.78 is 45.4. The minimum atomic E-state index is -4.47. The molecule has 0 spiro atoms. The zero-order chi connectivity index (χ0) is 25.0. The van der Waals surface area contributed by atoms with Gasteiger partial charge in [0.25, 0.3) is 0 Å². The standard InChI is InChI=1S/C23H25F3N6O3/c24-23(25,26)17-12-28-22(29-13-17)32-7-4-18(5-8-32)30-20(33)14-35-10-9-31-6-3-15-1-2-16(21(27)34)11-19(15)31/h1-3,6,11-13,18H,4-5,7-10,14H2,(H2,27,34)(H,30,33). The second-order valence-electron chi connectivity index (χ2n) is 8.30. The monoisotopic (exact) mass is 490 g/mol. The number of primary amides is 1. The van der Waals surface area contributed by atoms with Crippen LogP contribution < -0.4 is 16.0 Å². The third-order valence-electron chi connectivity index (χ3n) is 5.88. The number of nitrogens with two attached hydrogens (primary N) is 1. The fourth-order valence-electron chi connectivity index (χ4n) is 3.98. The van der Waals surface area contributed by atoms with Crippen molar-refractivity contribution in [2.45, 2.75) is 31.6 Å². The number of fused-ring (bicyclic) bond motifs is 1. The highest BCUT2D eigenvalue weighted by Crippen LogP contribution is 2.28. The van der Waals surface area contributed by atoms with Crippen molar-refractivity contribution in [1.82, 2.24) is 19.9 Å². The lowest BCUT2D eigenvalue weighted by atomic mass is 10.1. The molecular weight excluding hydrogens is 465 g/mol. The maximum absolute atomic E-state index is 12.7. The van der Waals surface area contributed by atoms with E-state index >= 15 is 0 Å². The lowest BCUT2D eigenvalue weighted by molar-refractivity contribution is -0.138. The maximum atomic E-state index is 12.7. The van der Waals surface area contributed by atoms with Crippen LogP contribution in [0.5, 0.6) is 0 Å². The Bertz CT molecular complexity index is 1190. The van der Waals surface area contributed by atoms with Crippen molar-refractivity contribution < 1.29 is 27.5 Å². The van der Waals surface area contributed by atoms with Gasteiger partial charge in [-0.15, -0.1) is 0 Å². The smallest absolute Gasteiger partial charge is 0.370 e. The molecule has 2 amide bonds. The van der Waals surface area contributed by atoms with E-state index in [0.717, 1.165) is 23.3 Å². The molecule has 1 saturated heterocycles. The number of carbonyl (C=O) groups is 2. The van der Waals surface area contributed by atoms with Gasteiger partial charge in [0.2, 0.25) is 17.8 Å². The number of hydrogen-bond donors (Lipinski definition) is 2. The molecule has 3 N–H and O–H groups in total. The number of rotatable bonds is 8. The summed E-state index contributed by atoms with van der Waals surface area (Å²) in [5.41, 5.74) is 5.75. The van der Waals surface area contributed by atoms with Crippen LogP contribution >= 0.6 is 0 Å². The molecule has 4 rings (SSSR count). The van der Waals surface area contributed by atoms with Gasteiger partial charge in [-0.1, -0.05) is 6.07 Å². The van der Waals surface area contributed by atoms with Gasteiger partial charge in [-0.2, -0.15) is 13.2 Å². The fourth-order valence-corrected chi connectivity index (χ4v) is 3.98. The molecule has 1 aliphatic heterocycles. The molecule has 1 fully saturated rings. The predicted molar refractivity (Wildman–Crippen MR) is 122 cm³/mol. The second kappa shape index (κ2) is 10.3.